The van der Waals surface area contributed by atoms with Gasteiger partial charge in [0.25, 0.3) is 0 Å². The highest BCUT2D eigenvalue weighted by Gasteiger charge is 2.32. The zero-order chi connectivity index (χ0) is 8.39. The molecule has 0 aromatic rings. The molecule has 1 atom stereocenters. The Bertz CT molecular complexity index is 137. The van der Waals surface area contributed by atoms with Crippen LogP contribution in [0.4, 0.5) is 0 Å². The molecule has 1 aliphatic carbocycles. The van der Waals surface area contributed by atoms with Gasteiger partial charge in [0.15, 0.2) is 0 Å². The van der Waals surface area contributed by atoms with Gasteiger partial charge in [-0.25, -0.2) is 0 Å². The Morgan fingerprint density at radius 1 is 1.00 bits per heavy atom. The summed E-state index contributed by atoms with van der Waals surface area (Å²) in [6.07, 6.45) is 5.93. The van der Waals surface area contributed by atoms with Gasteiger partial charge in [0.1, 0.15) is 0 Å². The number of hydrogen-bond donors (Lipinski definition) is 1. The molecule has 0 aromatic heterocycles. The maximum Gasteiger partial charge on any atom is 0.0598 e. The van der Waals surface area contributed by atoms with Crippen LogP contribution in [0.1, 0.15) is 32.1 Å². The molecule has 0 amide bonds. The van der Waals surface area contributed by atoms with Gasteiger partial charge in [-0.3, -0.25) is 0 Å². The highest BCUT2D eigenvalue weighted by molar-refractivity contribution is 4.83. The van der Waals surface area contributed by atoms with Crippen LogP contribution in [0.3, 0.4) is 0 Å². The predicted molar refractivity (Wildman–Crippen MR) is 46.9 cm³/mol. The van der Waals surface area contributed by atoms with E-state index in [4.69, 9.17) is 4.74 Å². The average molecular weight is 170 g/mol. The fourth-order valence-corrected chi connectivity index (χ4v) is 2.22. The van der Waals surface area contributed by atoms with Gasteiger partial charge in [0.2, 0.25) is 0 Å². The lowest BCUT2D eigenvalue weighted by Crippen LogP contribution is -2.36. The SMILES string of the molecule is OC(C1CCC1)C1CCOCC1. The van der Waals surface area contributed by atoms with Crippen LogP contribution in [-0.2, 0) is 4.74 Å². The molecule has 1 saturated carbocycles. The van der Waals surface area contributed by atoms with Crippen LogP contribution >= 0.6 is 0 Å². The zero-order valence-electron chi connectivity index (χ0n) is 7.54. The first-order chi connectivity index (χ1) is 5.88. The van der Waals surface area contributed by atoms with Crippen molar-refractivity contribution in [2.75, 3.05) is 13.2 Å². The summed E-state index contributed by atoms with van der Waals surface area (Å²) >= 11 is 0. The minimum Gasteiger partial charge on any atom is -0.393 e. The molecule has 0 spiro atoms. The first-order valence-electron chi connectivity index (χ1n) is 5.14. The number of aliphatic hydroxyl groups is 1. The molecule has 1 saturated heterocycles. The van der Waals surface area contributed by atoms with Crippen molar-refractivity contribution in [3.05, 3.63) is 0 Å². The topological polar surface area (TPSA) is 29.5 Å². The van der Waals surface area contributed by atoms with Gasteiger partial charge in [0, 0.05) is 13.2 Å². The lowest BCUT2D eigenvalue weighted by atomic mass is 9.75. The van der Waals surface area contributed by atoms with Crippen molar-refractivity contribution in [2.24, 2.45) is 11.8 Å². The summed E-state index contributed by atoms with van der Waals surface area (Å²) in [7, 11) is 0. The molecule has 1 N–H and O–H groups in total. The monoisotopic (exact) mass is 170 g/mol. The Hall–Kier alpha value is -0.0800. The Morgan fingerprint density at radius 2 is 1.58 bits per heavy atom. The molecule has 2 heteroatoms. The van der Waals surface area contributed by atoms with Crippen molar-refractivity contribution >= 4 is 0 Å². The standard InChI is InChI=1S/C10H18O2/c11-10(8-2-1-3-8)9-4-6-12-7-5-9/h8-11H,1-7H2. The van der Waals surface area contributed by atoms with Gasteiger partial charge >= 0.3 is 0 Å². The third-order valence-corrected chi connectivity index (χ3v) is 3.38. The second-order valence-electron chi connectivity index (χ2n) is 4.13. The third kappa shape index (κ3) is 1.64. The molecule has 0 aromatic carbocycles. The minimum absolute atomic E-state index is 0.0253. The smallest absolute Gasteiger partial charge is 0.0598 e. The van der Waals surface area contributed by atoms with Crippen molar-refractivity contribution in [2.45, 2.75) is 38.2 Å². The first-order valence-corrected chi connectivity index (χ1v) is 5.14. The van der Waals surface area contributed by atoms with Gasteiger partial charge in [0.05, 0.1) is 6.10 Å². The number of rotatable bonds is 2. The maximum atomic E-state index is 9.94. The van der Waals surface area contributed by atoms with Gasteiger partial charge in [-0.1, -0.05) is 6.42 Å². The normalized spacial score (nSPS) is 29.8. The molecular formula is C10H18O2. The van der Waals surface area contributed by atoms with Crippen LogP contribution in [0.25, 0.3) is 0 Å². The summed E-state index contributed by atoms with van der Waals surface area (Å²) in [4.78, 5) is 0. The van der Waals surface area contributed by atoms with E-state index in [1.54, 1.807) is 0 Å². The van der Waals surface area contributed by atoms with Crippen molar-refractivity contribution in [1.29, 1.82) is 0 Å². The fraction of sp³-hybridized carbons (Fsp3) is 1.00. The summed E-state index contributed by atoms with van der Waals surface area (Å²) < 4.78 is 5.27. The van der Waals surface area contributed by atoms with Crippen LogP contribution in [0.5, 0.6) is 0 Å². The summed E-state index contributed by atoms with van der Waals surface area (Å²) in [5.74, 6) is 1.15. The lowest BCUT2D eigenvalue weighted by molar-refractivity contribution is -0.0353. The molecule has 12 heavy (non-hydrogen) atoms. The summed E-state index contributed by atoms with van der Waals surface area (Å²) in [6.45, 7) is 1.71. The molecular weight excluding hydrogens is 152 g/mol. The Labute approximate surface area is 73.9 Å². The Morgan fingerprint density at radius 3 is 2.08 bits per heavy atom. The van der Waals surface area contributed by atoms with E-state index in [1.165, 1.54) is 19.3 Å². The van der Waals surface area contributed by atoms with E-state index in [9.17, 15) is 5.11 Å². The average Bonchev–Trinajstić information content (AvgIpc) is 2.03. The van der Waals surface area contributed by atoms with E-state index in [1.807, 2.05) is 0 Å². The largest absolute Gasteiger partial charge is 0.393 e. The van der Waals surface area contributed by atoms with Crippen molar-refractivity contribution in [3.63, 3.8) is 0 Å². The lowest BCUT2D eigenvalue weighted by Gasteiger charge is -2.36. The van der Waals surface area contributed by atoms with Crippen molar-refractivity contribution in [3.8, 4) is 0 Å². The van der Waals surface area contributed by atoms with Gasteiger partial charge < -0.3 is 9.84 Å². The molecule has 1 unspecified atom stereocenters. The highest BCUT2D eigenvalue weighted by Crippen LogP contribution is 2.35. The zero-order valence-corrected chi connectivity index (χ0v) is 7.54. The summed E-state index contributed by atoms with van der Waals surface area (Å²) in [5, 5.41) is 9.94. The van der Waals surface area contributed by atoms with Gasteiger partial charge in [-0.05, 0) is 37.5 Å². The van der Waals surface area contributed by atoms with Crippen LogP contribution in [0.15, 0.2) is 0 Å². The van der Waals surface area contributed by atoms with E-state index in [-0.39, 0.29) is 6.10 Å². The Balaban J connectivity index is 1.80. The van der Waals surface area contributed by atoms with Crippen molar-refractivity contribution in [1.82, 2.24) is 0 Å². The second-order valence-corrected chi connectivity index (χ2v) is 4.13. The molecule has 2 nitrogen and oxygen atoms in total. The Kier molecular flexibility index (Phi) is 2.66. The molecule has 2 fully saturated rings. The van der Waals surface area contributed by atoms with E-state index >= 15 is 0 Å². The third-order valence-electron chi connectivity index (χ3n) is 3.38. The second kappa shape index (κ2) is 3.75. The van der Waals surface area contributed by atoms with E-state index in [2.05, 4.69) is 0 Å². The molecule has 70 valence electrons. The van der Waals surface area contributed by atoms with E-state index < -0.39 is 0 Å². The molecule has 2 aliphatic rings. The number of hydrogen-bond acceptors (Lipinski definition) is 2. The number of ether oxygens (including phenoxy) is 1. The molecule has 1 heterocycles. The van der Waals surface area contributed by atoms with Crippen LogP contribution in [0.2, 0.25) is 0 Å². The summed E-state index contributed by atoms with van der Waals surface area (Å²) in [5.41, 5.74) is 0. The predicted octanol–water partition coefficient (Wildman–Crippen LogP) is 1.57. The quantitative estimate of drug-likeness (QED) is 0.681. The maximum absolute atomic E-state index is 9.94. The molecule has 0 radical (unpaired) electrons. The summed E-state index contributed by atoms with van der Waals surface area (Å²) in [6, 6.07) is 0. The van der Waals surface area contributed by atoms with Gasteiger partial charge in [-0.2, -0.15) is 0 Å². The number of aliphatic hydroxyl groups excluding tert-OH is 1. The molecule has 0 bridgehead atoms. The van der Waals surface area contributed by atoms with Gasteiger partial charge in [-0.15, -0.1) is 0 Å². The van der Waals surface area contributed by atoms with Crippen molar-refractivity contribution < 1.29 is 9.84 Å². The van der Waals surface area contributed by atoms with Crippen LogP contribution in [0, 0.1) is 11.8 Å². The first kappa shape index (κ1) is 8.52. The molecule has 2 rings (SSSR count). The fourth-order valence-electron chi connectivity index (χ4n) is 2.22. The van der Waals surface area contributed by atoms with Crippen LogP contribution in [-0.4, -0.2) is 24.4 Å². The minimum atomic E-state index is -0.0253. The molecule has 1 aliphatic heterocycles. The van der Waals surface area contributed by atoms with E-state index in [0.29, 0.717) is 11.8 Å². The highest BCUT2D eigenvalue weighted by atomic mass is 16.5. The van der Waals surface area contributed by atoms with Crippen LogP contribution < -0.4 is 0 Å². The van der Waals surface area contributed by atoms with E-state index in [0.717, 1.165) is 26.1 Å².